The molecule has 1 aliphatic rings. The zero-order valence-electron chi connectivity index (χ0n) is 7.79. The summed E-state index contributed by atoms with van der Waals surface area (Å²) in [6, 6.07) is 3.01. The first-order chi connectivity index (χ1) is 6.25. The van der Waals surface area contributed by atoms with Gasteiger partial charge in [-0.1, -0.05) is 0 Å². The molecule has 0 saturated carbocycles. The van der Waals surface area contributed by atoms with Crippen molar-refractivity contribution in [2.24, 2.45) is 0 Å². The normalized spacial score (nSPS) is 24.0. The Morgan fingerprint density at radius 1 is 1.69 bits per heavy atom. The summed E-state index contributed by atoms with van der Waals surface area (Å²) >= 11 is 5.28. The Labute approximate surface area is 91.9 Å². The van der Waals surface area contributed by atoms with Crippen LogP contribution in [-0.2, 0) is 6.54 Å². The highest BCUT2D eigenvalue weighted by atomic mass is 79.9. The Morgan fingerprint density at radius 2 is 2.54 bits per heavy atom. The van der Waals surface area contributed by atoms with Gasteiger partial charge in [-0.05, 0) is 59.2 Å². The summed E-state index contributed by atoms with van der Waals surface area (Å²) in [5, 5.41) is 2.25. The molecule has 1 aliphatic heterocycles. The molecule has 1 atom stereocenters. The first-order valence-corrected chi connectivity index (χ1v) is 6.40. The smallest absolute Gasteiger partial charge is 0.0701 e. The molecule has 0 aromatic carbocycles. The van der Waals surface area contributed by atoms with E-state index in [1.165, 1.54) is 28.7 Å². The summed E-state index contributed by atoms with van der Waals surface area (Å²) in [5.74, 6) is 0. The second-order valence-corrected chi connectivity index (χ2v) is 6.01. The van der Waals surface area contributed by atoms with Crippen LogP contribution in [0.3, 0.4) is 0 Å². The number of likely N-dealkylation sites (tertiary alicyclic amines) is 1. The minimum atomic E-state index is 0.777. The quantitative estimate of drug-likeness (QED) is 0.786. The molecule has 0 spiro atoms. The van der Waals surface area contributed by atoms with Gasteiger partial charge in [0, 0.05) is 12.6 Å². The van der Waals surface area contributed by atoms with Crippen molar-refractivity contribution in [1.82, 2.24) is 4.90 Å². The SMILES string of the molecule is CC1CCCN1Cc1csc(Br)c1. The molecule has 1 aromatic heterocycles. The average Bonchev–Trinajstić information content (AvgIpc) is 2.64. The maximum atomic E-state index is 3.50. The molecule has 0 N–H and O–H groups in total. The van der Waals surface area contributed by atoms with Crippen LogP contribution in [0.1, 0.15) is 25.3 Å². The predicted octanol–water partition coefficient (Wildman–Crippen LogP) is 3.49. The highest BCUT2D eigenvalue weighted by Crippen LogP contribution is 2.24. The van der Waals surface area contributed by atoms with E-state index in [9.17, 15) is 0 Å². The number of hydrogen-bond donors (Lipinski definition) is 0. The van der Waals surface area contributed by atoms with Gasteiger partial charge in [-0.2, -0.15) is 0 Å². The largest absolute Gasteiger partial charge is 0.296 e. The van der Waals surface area contributed by atoms with Crippen LogP contribution in [-0.4, -0.2) is 17.5 Å². The van der Waals surface area contributed by atoms with E-state index in [1.807, 2.05) is 0 Å². The second-order valence-electron chi connectivity index (χ2n) is 3.72. The zero-order valence-corrected chi connectivity index (χ0v) is 10.2. The monoisotopic (exact) mass is 259 g/mol. The van der Waals surface area contributed by atoms with Gasteiger partial charge in [-0.25, -0.2) is 0 Å². The molecule has 1 aromatic rings. The third kappa shape index (κ3) is 2.33. The lowest BCUT2D eigenvalue weighted by atomic mass is 10.2. The summed E-state index contributed by atoms with van der Waals surface area (Å²) < 4.78 is 1.24. The fraction of sp³-hybridized carbons (Fsp3) is 0.600. The van der Waals surface area contributed by atoms with Crippen molar-refractivity contribution in [3.63, 3.8) is 0 Å². The van der Waals surface area contributed by atoms with Gasteiger partial charge >= 0.3 is 0 Å². The van der Waals surface area contributed by atoms with Crippen molar-refractivity contribution >= 4 is 27.3 Å². The molecular weight excluding hydrogens is 246 g/mol. The Bertz CT molecular complexity index is 284. The molecule has 2 rings (SSSR count). The molecule has 0 radical (unpaired) electrons. The summed E-state index contributed by atoms with van der Waals surface area (Å²) in [6.07, 6.45) is 2.73. The van der Waals surface area contributed by atoms with E-state index in [4.69, 9.17) is 0 Å². The van der Waals surface area contributed by atoms with E-state index in [0.717, 1.165) is 12.6 Å². The molecule has 2 heterocycles. The van der Waals surface area contributed by atoms with Gasteiger partial charge in [0.15, 0.2) is 0 Å². The molecule has 1 unspecified atom stereocenters. The van der Waals surface area contributed by atoms with Gasteiger partial charge < -0.3 is 0 Å². The molecule has 13 heavy (non-hydrogen) atoms. The molecule has 3 heteroatoms. The topological polar surface area (TPSA) is 3.24 Å². The van der Waals surface area contributed by atoms with E-state index < -0.39 is 0 Å². The molecule has 0 bridgehead atoms. The number of nitrogens with zero attached hydrogens (tertiary/aromatic N) is 1. The predicted molar refractivity (Wildman–Crippen MR) is 61.1 cm³/mol. The number of hydrogen-bond acceptors (Lipinski definition) is 2. The first-order valence-electron chi connectivity index (χ1n) is 4.72. The fourth-order valence-corrected chi connectivity index (χ4v) is 3.09. The van der Waals surface area contributed by atoms with Crippen molar-refractivity contribution in [2.45, 2.75) is 32.4 Å². The third-order valence-corrected chi connectivity index (χ3v) is 4.25. The molecule has 0 amide bonds. The van der Waals surface area contributed by atoms with Crippen LogP contribution < -0.4 is 0 Å². The highest BCUT2D eigenvalue weighted by Gasteiger charge is 2.20. The number of thiophene rings is 1. The summed E-state index contributed by atoms with van der Waals surface area (Å²) in [6.45, 7) is 4.73. The molecule has 1 fully saturated rings. The van der Waals surface area contributed by atoms with Crippen LogP contribution >= 0.6 is 27.3 Å². The minimum Gasteiger partial charge on any atom is -0.296 e. The Balaban J connectivity index is 1.97. The maximum absolute atomic E-state index is 3.50. The first kappa shape index (κ1) is 9.69. The van der Waals surface area contributed by atoms with Crippen LogP contribution in [0.2, 0.25) is 0 Å². The summed E-state index contributed by atoms with van der Waals surface area (Å²) in [5.41, 5.74) is 1.45. The number of halogens is 1. The van der Waals surface area contributed by atoms with Crippen molar-refractivity contribution in [3.05, 3.63) is 20.8 Å². The van der Waals surface area contributed by atoms with E-state index in [0.29, 0.717) is 0 Å². The van der Waals surface area contributed by atoms with Crippen LogP contribution in [0.4, 0.5) is 0 Å². The van der Waals surface area contributed by atoms with Gasteiger partial charge in [0.2, 0.25) is 0 Å². The van der Waals surface area contributed by atoms with E-state index in [1.54, 1.807) is 11.3 Å². The van der Waals surface area contributed by atoms with Gasteiger partial charge in [0.25, 0.3) is 0 Å². The lowest BCUT2D eigenvalue weighted by Crippen LogP contribution is -2.25. The lowest BCUT2D eigenvalue weighted by Gasteiger charge is -2.19. The second kappa shape index (κ2) is 4.11. The molecule has 72 valence electrons. The van der Waals surface area contributed by atoms with Gasteiger partial charge in [-0.3, -0.25) is 4.90 Å². The van der Waals surface area contributed by atoms with Crippen LogP contribution in [0.5, 0.6) is 0 Å². The number of rotatable bonds is 2. The van der Waals surface area contributed by atoms with Crippen LogP contribution in [0.25, 0.3) is 0 Å². The Kier molecular flexibility index (Phi) is 3.06. The molecular formula is C10H14BrNS. The molecule has 0 aliphatic carbocycles. The molecule has 1 nitrogen and oxygen atoms in total. The van der Waals surface area contributed by atoms with Gasteiger partial charge in [0.1, 0.15) is 0 Å². The summed E-state index contributed by atoms with van der Waals surface area (Å²) in [4.78, 5) is 2.56. The van der Waals surface area contributed by atoms with Crippen molar-refractivity contribution in [2.75, 3.05) is 6.54 Å². The highest BCUT2D eigenvalue weighted by molar-refractivity contribution is 9.11. The fourth-order valence-electron chi connectivity index (χ4n) is 1.89. The van der Waals surface area contributed by atoms with E-state index in [-0.39, 0.29) is 0 Å². The van der Waals surface area contributed by atoms with Crippen molar-refractivity contribution < 1.29 is 0 Å². The van der Waals surface area contributed by atoms with E-state index >= 15 is 0 Å². The standard InChI is InChI=1S/C10H14BrNS/c1-8-3-2-4-12(8)6-9-5-10(11)13-7-9/h5,7-8H,2-4,6H2,1H3. The lowest BCUT2D eigenvalue weighted by molar-refractivity contribution is 0.260. The average molecular weight is 260 g/mol. The maximum Gasteiger partial charge on any atom is 0.0701 e. The third-order valence-electron chi connectivity index (χ3n) is 2.70. The van der Waals surface area contributed by atoms with Gasteiger partial charge in [-0.15, -0.1) is 11.3 Å². The Hall–Kier alpha value is 0.140. The molecule has 1 saturated heterocycles. The Morgan fingerprint density at radius 3 is 3.08 bits per heavy atom. The van der Waals surface area contributed by atoms with Crippen molar-refractivity contribution in [3.8, 4) is 0 Å². The minimum absolute atomic E-state index is 0.777. The zero-order chi connectivity index (χ0) is 9.26. The van der Waals surface area contributed by atoms with Crippen LogP contribution in [0.15, 0.2) is 15.2 Å². The van der Waals surface area contributed by atoms with Crippen molar-refractivity contribution in [1.29, 1.82) is 0 Å². The van der Waals surface area contributed by atoms with Crippen LogP contribution in [0, 0.1) is 0 Å². The summed E-state index contributed by atoms with van der Waals surface area (Å²) in [7, 11) is 0. The van der Waals surface area contributed by atoms with E-state index in [2.05, 4.69) is 39.2 Å². The van der Waals surface area contributed by atoms with Gasteiger partial charge in [0.05, 0.1) is 3.79 Å².